The summed E-state index contributed by atoms with van der Waals surface area (Å²) in [5.41, 5.74) is -0.412. The summed E-state index contributed by atoms with van der Waals surface area (Å²) in [5, 5.41) is 10.4. The summed E-state index contributed by atoms with van der Waals surface area (Å²) >= 11 is 0. The highest BCUT2D eigenvalue weighted by Gasteiger charge is 2.54. The third-order valence-electron chi connectivity index (χ3n) is 3.94. The molecule has 116 valence electrons. The highest BCUT2D eigenvalue weighted by molar-refractivity contribution is 5.95. The fourth-order valence-corrected chi connectivity index (χ4v) is 2.72. The molecule has 2 aromatic rings. The molecule has 1 saturated carbocycles. The molecule has 5 heteroatoms. The summed E-state index contributed by atoms with van der Waals surface area (Å²) in [6.45, 7) is 5.38. The van der Waals surface area contributed by atoms with E-state index in [4.69, 9.17) is 4.74 Å². The smallest absolute Gasteiger partial charge is 0.419 e. The van der Waals surface area contributed by atoms with Crippen LogP contribution in [0.25, 0.3) is 10.9 Å². The number of carboxylic acids is 1. The van der Waals surface area contributed by atoms with Crippen LogP contribution in [0.5, 0.6) is 0 Å². The van der Waals surface area contributed by atoms with Crippen LogP contribution in [0.1, 0.15) is 39.3 Å². The maximum atomic E-state index is 12.6. The quantitative estimate of drug-likeness (QED) is 0.921. The molecule has 1 heterocycles. The highest BCUT2D eigenvalue weighted by Crippen LogP contribution is 2.49. The lowest BCUT2D eigenvalue weighted by atomic mass is 10.0. The number of fused-ring (bicyclic) bond motifs is 1. The molecule has 5 nitrogen and oxygen atoms in total. The van der Waals surface area contributed by atoms with Crippen molar-refractivity contribution in [1.29, 1.82) is 0 Å². The van der Waals surface area contributed by atoms with Gasteiger partial charge in [0, 0.05) is 11.1 Å². The topological polar surface area (TPSA) is 68.5 Å². The van der Waals surface area contributed by atoms with Crippen LogP contribution in [-0.4, -0.2) is 27.3 Å². The third-order valence-corrected chi connectivity index (χ3v) is 3.94. The summed E-state index contributed by atoms with van der Waals surface area (Å²) in [4.78, 5) is 24.3. The van der Waals surface area contributed by atoms with E-state index in [9.17, 15) is 14.7 Å². The molecule has 1 fully saturated rings. The van der Waals surface area contributed by atoms with Crippen molar-refractivity contribution < 1.29 is 19.4 Å². The fourth-order valence-electron chi connectivity index (χ4n) is 2.72. The second kappa shape index (κ2) is 4.60. The van der Waals surface area contributed by atoms with E-state index in [0.29, 0.717) is 24.1 Å². The van der Waals surface area contributed by atoms with E-state index in [0.717, 1.165) is 5.39 Å². The second-order valence-corrected chi connectivity index (χ2v) is 6.79. The summed E-state index contributed by atoms with van der Waals surface area (Å²) in [7, 11) is 0. The first-order valence-electron chi connectivity index (χ1n) is 7.32. The number of nitrogens with zero attached hydrogens (tertiary/aromatic N) is 1. The van der Waals surface area contributed by atoms with Gasteiger partial charge in [-0.3, -0.25) is 4.79 Å². The number of aromatic nitrogens is 1. The molecule has 1 aromatic carbocycles. The predicted octanol–water partition coefficient (Wildman–Crippen LogP) is 3.54. The number of carboxylic acid groups (broad SMARTS) is 1. The van der Waals surface area contributed by atoms with Gasteiger partial charge in [-0.05, 0) is 45.7 Å². The predicted molar refractivity (Wildman–Crippen MR) is 82.1 cm³/mol. The Morgan fingerprint density at radius 1 is 1.23 bits per heavy atom. The first-order chi connectivity index (χ1) is 10.2. The molecule has 3 rings (SSSR count). The summed E-state index contributed by atoms with van der Waals surface area (Å²) < 4.78 is 6.88. The Labute approximate surface area is 128 Å². The Morgan fingerprint density at radius 3 is 2.41 bits per heavy atom. The zero-order chi connectivity index (χ0) is 16.1. The van der Waals surface area contributed by atoms with Crippen molar-refractivity contribution in [2.45, 2.75) is 44.6 Å². The van der Waals surface area contributed by atoms with E-state index < -0.39 is 23.1 Å². The van der Waals surface area contributed by atoms with Crippen LogP contribution < -0.4 is 0 Å². The Morgan fingerprint density at radius 2 is 1.86 bits per heavy atom. The van der Waals surface area contributed by atoms with Crippen LogP contribution in [0.15, 0.2) is 30.3 Å². The number of hydrogen-bond donors (Lipinski definition) is 1. The van der Waals surface area contributed by atoms with Gasteiger partial charge >= 0.3 is 12.1 Å². The first-order valence-corrected chi connectivity index (χ1v) is 7.32. The normalized spacial score (nSPS) is 16.5. The van der Waals surface area contributed by atoms with E-state index in [-0.39, 0.29) is 0 Å². The van der Waals surface area contributed by atoms with Gasteiger partial charge in [-0.15, -0.1) is 0 Å². The van der Waals surface area contributed by atoms with Crippen molar-refractivity contribution in [2.75, 3.05) is 0 Å². The molecule has 0 amide bonds. The summed E-state index contributed by atoms with van der Waals surface area (Å²) in [5.74, 6) is -0.889. The van der Waals surface area contributed by atoms with Crippen LogP contribution in [0.4, 0.5) is 4.79 Å². The standard InChI is InChI=1S/C17H19NO4/c1-16(2,3)22-15(21)18-12-7-5-4-6-11(12)10-13(18)17(8-9-17)14(19)20/h4-7,10H,8-9H2,1-3H3,(H,19,20). The third kappa shape index (κ3) is 2.26. The molecule has 1 aromatic heterocycles. The Balaban J connectivity index is 2.18. The van der Waals surface area contributed by atoms with Crippen LogP contribution in [0.3, 0.4) is 0 Å². The van der Waals surface area contributed by atoms with E-state index in [1.807, 2.05) is 18.2 Å². The molecule has 0 unspecified atom stereocenters. The average Bonchev–Trinajstić information content (AvgIpc) is 3.12. The van der Waals surface area contributed by atoms with Crippen molar-refractivity contribution in [3.05, 3.63) is 36.0 Å². The average molecular weight is 301 g/mol. The van der Waals surface area contributed by atoms with Gasteiger partial charge in [-0.1, -0.05) is 18.2 Å². The Bertz CT molecular complexity index is 763. The SMILES string of the molecule is CC(C)(C)OC(=O)n1c(C2(C(=O)O)CC2)cc2ccccc21. The van der Waals surface area contributed by atoms with E-state index >= 15 is 0 Å². The molecule has 0 radical (unpaired) electrons. The van der Waals surface area contributed by atoms with Crippen LogP contribution in [0, 0.1) is 0 Å². The minimum Gasteiger partial charge on any atom is -0.481 e. The van der Waals surface area contributed by atoms with Gasteiger partial charge in [0.15, 0.2) is 0 Å². The molecule has 22 heavy (non-hydrogen) atoms. The molecule has 1 N–H and O–H groups in total. The van der Waals surface area contributed by atoms with Crippen molar-refractivity contribution in [2.24, 2.45) is 0 Å². The van der Waals surface area contributed by atoms with Gasteiger partial charge in [0.05, 0.1) is 5.52 Å². The van der Waals surface area contributed by atoms with Crippen molar-refractivity contribution in [3.63, 3.8) is 0 Å². The number of hydrogen-bond acceptors (Lipinski definition) is 3. The van der Waals surface area contributed by atoms with Gasteiger partial charge in [0.25, 0.3) is 0 Å². The van der Waals surface area contributed by atoms with Crippen molar-refractivity contribution in [1.82, 2.24) is 4.57 Å². The second-order valence-electron chi connectivity index (χ2n) is 6.79. The van der Waals surface area contributed by atoms with Gasteiger partial charge in [0.2, 0.25) is 0 Å². The number of aliphatic carboxylic acids is 1. The number of carbonyl (C=O) groups is 2. The lowest BCUT2D eigenvalue weighted by Crippen LogP contribution is -2.31. The molecule has 1 aliphatic carbocycles. The van der Waals surface area contributed by atoms with Crippen LogP contribution in [0.2, 0.25) is 0 Å². The summed E-state index contributed by atoms with van der Waals surface area (Å²) in [6.07, 6.45) is 0.555. The van der Waals surface area contributed by atoms with Gasteiger partial charge in [0.1, 0.15) is 11.0 Å². The minimum absolute atomic E-state index is 0.510. The zero-order valence-electron chi connectivity index (χ0n) is 12.9. The fraction of sp³-hybridized carbons (Fsp3) is 0.412. The molecule has 0 spiro atoms. The maximum Gasteiger partial charge on any atom is 0.419 e. The number of para-hydroxylation sites is 1. The molecular weight excluding hydrogens is 282 g/mol. The monoisotopic (exact) mass is 301 g/mol. The van der Waals surface area contributed by atoms with E-state index in [2.05, 4.69) is 0 Å². The first kappa shape index (κ1) is 14.6. The molecule has 0 aliphatic heterocycles. The lowest BCUT2D eigenvalue weighted by molar-refractivity contribution is -0.140. The van der Waals surface area contributed by atoms with Crippen molar-refractivity contribution >= 4 is 23.0 Å². The van der Waals surface area contributed by atoms with Gasteiger partial charge in [-0.25, -0.2) is 9.36 Å². The molecule has 1 aliphatic rings. The summed E-state index contributed by atoms with van der Waals surface area (Å²) in [6, 6.07) is 9.16. The minimum atomic E-state index is -0.962. The number of rotatable bonds is 2. The lowest BCUT2D eigenvalue weighted by Gasteiger charge is -2.22. The molecule has 0 bridgehead atoms. The van der Waals surface area contributed by atoms with Crippen LogP contribution in [-0.2, 0) is 14.9 Å². The number of carbonyl (C=O) groups excluding carboxylic acids is 1. The largest absolute Gasteiger partial charge is 0.481 e. The zero-order valence-corrected chi connectivity index (χ0v) is 12.9. The van der Waals surface area contributed by atoms with Gasteiger partial charge < -0.3 is 9.84 Å². The maximum absolute atomic E-state index is 12.6. The van der Waals surface area contributed by atoms with E-state index in [1.54, 1.807) is 32.9 Å². The van der Waals surface area contributed by atoms with Crippen LogP contribution >= 0.6 is 0 Å². The van der Waals surface area contributed by atoms with E-state index in [1.165, 1.54) is 4.57 Å². The molecule has 0 atom stereocenters. The Hall–Kier alpha value is -2.30. The number of benzene rings is 1. The van der Waals surface area contributed by atoms with Gasteiger partial charge in [-0.2, -0.15) is 0 Å². The molecular formula is C17H19NO4. The Kier molecular flexibility index (Phi) is 3.06. The number of ether oxygens (including phenoxy) is 1. The molecule has 0 saturated heterocycles. The highest BCUT2D eigenvalue weighted by atomic mass is 16.6. The van der Waals surface area contributed by atoms with Crippen molar-refractivity contribution in [3.8, 4) is 0 Å².